The second-order valence-corrected chi connectivity index (χ2v) is 6.34. The van der Waals surface area contributed by atoms with E-state index in [9.17, 15) is 4.79 Å². The summed E-state index contributed by atoms with van der Waals surface area (Å²) in [5.41, 5.74) is 1.98. The largest absolute Gasteiger partial charge is 0.322 e. The van der Waals surface area contributed by atoms with E-state index >= 15 is 0 Å². The third-order valence-electron chi connectivity index (χ3n) is 4.29. The minimum absolute atomic E-state index is 0.0296. The Morgan fingerprint density at radius 3 is 2.48 bits per heavy atom. The number of rotatable bonds is 2. The minimum Gasteiger partial charge on any atom is -0.317 e. The standard InChI is InChI=1S/C19H21ClN2O/c20-16-12-10-15(11-13-16)18-9-5-2-6-14-22(18)19(23)21-17-7-3-1-4-8-17/h1,3-4,7-8,10-13,18H,2,5-6,9,14H2,(H,21,23)/t18-/m0/s1. The predicted octanol–water partition coefficient (Wildman–Crippen LogP) is 5.49. The van der Waals surface area contributed by atoms with Gasteiger partial charge in [-0.15, -0.1) is 0 Å². The summed E-state index contributed by atoms with van der Waals surface area (Å²) in [5, 5.41) is 3.74. The number of halogens is 1. The van der Waals surface area contributed by atoms with Crippen LogP contribution in [0.25, 0.3) is 0 Å². The lowest BCUT2D eigenvalue weighted by atomic mass is 10.0. The van der Waals surface area contributed by atoms with Crippen molar-refractivity contribution in [1.82, 2.24) is 4.90 Å². The molecule has 1 saturated heterocycles. The summed E-state index contributed by atoms with van der Waals surface area (Å²) in [6.07, 6.45) is 4.34. The number of nitrogens with one attached hydrogen (secondary N) is 1. The first-order valence-corrected chi connectivity index (χ1v) is 8.50. The average Bonchev–Trinajstić information content (AvgIpc) is 2.82. The van der Waals surface area contributed by atoms with Crippen LogP contribution in [0.2, 0.25) is 5.02 Å². The van der Waals surface area contributed by atoms with Crippen molar-refractivity contribution < 1.29 is 4.79 Å². The fourth-order valence-electron chi connectivity index (χ4n) is 3.10. The van der Waals surface area contributed by atoms with E-state index in [0.717, 1.165) is 42.1 Å². The molecular formula is C19H21ClN2O. The first kappa shape index (κ1) is 15.9. The molecule has 1 atom stereocenters. The van der Waals surface area contributed by atoms with E-state index in [-0.39, 0.29) is 12.1 Å². The zero-order chi connectivity index (χ0) is 16.1. The number of urea groups is 1. The van der Waals surface area contributed by atoms with E-state index < -0.39 is 0 Å². The summed E-state index contributed by atoms with van der Waals surface area (Å²) in [4.78, 5) is 14.7. The van der Waals surface area contributed by atoms with Crippen molar-refractivity contribution in [2.75, 3.05) is 11.9 Å². The molecule has 0 aromatic heterocycles. The number of anilines is 1. The number of amides is 2. The lowest BCUT2D eigenvalue weighted by Gasteiger charge is -2.30. The molecule has 4 heteroatoms. The molecule has 2 amide bonds. The van der Waals surface area contributed by atoms with E-state index in [1.54, 1.807) is 0 Å². The van der Waals surface area contributed by atoms with Gasteiger partial charge in [-0.1, -0.05) is 54.8 Å². The van der Waals surface area contributed by atoms with Crippen LogP contribution < -0.4 is 5.32 Å². The molecular weight excluding hydrogens is 308 g/mol. The van der Waals surface area contributed by atoms with Crippen LogP contribution in [0.5, 0.6) is 0 Å². The van der Waals surface area contributed by atoms with Gasteiger partial charge in [0, 0.05) is 17.3 Å². The second-order valence-electron chi connectivity index (χ2n) is 5.91. The summed E-state index contributed by atoms with van der Waals surface area (Å²) < 4.78 is 0. The van der Waals surface area contributed by atoms with E-state index in [1.807, 2.05) is 59.5 Å². The maximum atomic E-state index is 12.8. The molecule has 1 fully saturated rings. The first-order valence-electron chi connectivity index (χ1n) is 8.12. The van der Waals surface area contributed by atoms with E-state index in [0.29, 0.717) is 0 Å². The molecule has 1 N–H and O–H groups in total. The van der Waals surface area contributed by atoms with Crippen molar-refractivity contribution >= 4 is 23.3 Å². The molecule has 1 heterocycles. The summed E-state index contributed by atoms with van der Waals surface area (Å²) in [5.74, 6) is 0. The highest BCUT2D eigenvalue weighted by atomic mass is 35.5. The van der Waals surface area contributed by atoms with Gasteiger partial charge in [-0.3, -0.25) is 0 Å². The van der Waals surface area contributed by atoms with Crippen LogP contribution in [-0.2, 0) is 0 Å². The quantitative estimate of drug-likeness (QED) is 0.776. The zero-order valence-electron chi connectivity index (χ0n) is 13.0. The van der Waals surface area contributed by atoms with Gasteiger partial charge in [-0.2, -0.15) is 0 Å². The van der Waals surface area contributed by atoms with Crippen molar-refractivity contribution in [3.8, 4) is 0 Å². The summed E-state index contributed by atoms with van der Waals surface area (Å²) in [6.45, 7) is 0.784. The number of likely N-dealkylation sites (tertiary alicyclic amines) is 1. The predicted molar refractivity (Wildman–Crippen MR) is 94.8 cm³/mol. The molecule has 0 saturated carbocycles. The smallest absolute Gasteiger partial charge is 0.317 e. The van der Waals surface area contributed by atoms with Crippen molar-refractivity contribution in [1.29, 1.82) is 0 Å². The van der Waals surface area contributed by atoms with Gasteiger partial charge in [0.1, 0.15) is 0 Å². The molecule has 1 aliphatic rings. The van der Waals surface area contributed by atoms with Crippen LogP contribution in [0.15, 0.2) is 54.6 Å². The molecule has 2 aromatic rings. The summed E-state index contributed by atoms with van der Waals surface area (Å²) in [6, 6.07) is 17.5. The highest BCUT2D eigenvalue weighted by Gasteiger charge is 2.26. The Balaban J connectivity index is 1.80. The van der Waals surface area contributed by atoms with Crippen molar-refractivity contribution in [2.45, 2.75) is 31.7 Å². The lowest BCUT2D eigenvalue weighted by molar-refractivity contribution is 0.189. The Morgan fingerprint density at radius 1 is 1.00 bits per heavy atom. The summed E-state index contributed by atoms with van der Waals surface area (Å²) in [7, 11) is 0. The van der Waals surface area contributed by atoms with E-state index in [4.69, 9.17) is 11.6 Å². The lowest BCUT2D eigenvalue weighted by Crippen LogP contribution is -2.38. The fourth-order valence-corrected chi connectivity index (χ4v) is 3.23. The number of carbonyl (C=O) groups is 1. The van der Waals surface area contributed by atoms with Gasteiger partial charge < -0.3 is 10.2 Å². The fraction of sp³-hybridized carbons (Fsp3) is 0.316. The van der Waals surface area contributed by atoms with Crippen molar-refractivity contribution in [3.63, 3.8) is 0 Å². The molecule has 3 rings (SSSR count). The Labute approximate surface area is 142 Å². The van der Waals surface area contributed by atoms with Crippen LogP contribution in [-0.4, -0.2) is 17.5 Å². The van der Waals surface area contributed by atoms with Gasteiger partial charge in [0.2, 0.25) is 0 Å². The molecule has 2 aromatic carbocycles. The average molecular weight is 329 g/mol. The molecule has 23 heavy (non-hydrogen) atoms. The molecule has 0 unspecified atom stereocenters. The molecule has 0 bridgehead atoms. The third kappa shape index (κ3) is 4.05. The molecule has 120 valence electrons. The minimum atomic E-state index is -0.0296. The van der Waals surface area contributed by atoms with Crippen LogP contribution in [0, 0.1) is 0 Å². The van der Waals surface area contributed by atoms with E-state index in [2.05, 4.69) is 5.32 Å². The maximum Gasteiger partial charge on any atom is 0.322 e. The van der Waals surface area contributed by atoms with Crippen LogP contribution in [0.1, 0.15) is 37.3 Å². The number of hydrogen-bond acceptors (Lipinski definition) is 1. The monoisotopic (exact) mass is 328 g/mol. The van der Waals surface area contributed by atoms with Crippen molar-refractivity contribution in [3.05, 3.63) is 65.2 Å². The Morgan fingerprint density at radius 2 is 1.74 bits per heavy atom. The number of hydrogen-bond donors (Lipinski definition) is 1. The summed E-state index contributed by atoms with van der Waals surface area (Å²) >= 11 is 6.00. The van der Waals surface area contributed by atoms with Gasteiger partial charge in [0.05, 0.1) is 6.04 Å². The van der Waals surface area contributed by atoms with Gasteiger partial charge in [-0.05, 0) is 42.7 Å². The number of carbonyl (C=O) groups excluding carboxylic acids is 1. The van der Waals surface area contributed by atoms with Crippen LogP contribution in [0.3, 0.4) is 0 Å². The Hall–Kier alpha value is -2.00. The third-order valence-corrected chi connectivity index (χ3v) is 4.55. The highest BCUT2D eigenvalue weighted by molar-refractivity contribution is 6.30. The number of benzene rings is 2. The number of nitrogens with zero attached hydrogens (tertiary/aromatic N) is 1. The van der Waals surface area contributed by atoms with Gasteiger partial charge in [0.25, 0.3) is 0 Å². The molecule has 0 radical (unpaired) electrons. The van der Waals surface area contributed by atoms with Gasteiger partial charge in [-0.25, -0.2) is 4.79 Å². The Kier molecular flexibility index (Phi) is 5.19. The number of para-hydroxylation sites is 1. The van der Waals surface area contributed by atoms with Gasteiger partial charge in [0.15, 0.2) is 0 Å². The Bertz CT molecular complexity index is 642. The molecule has 3 nitrogen and oxygen atoms in total. The van der Waals surface area contributed by atoms with Crippen LogP contribution in [0.4, 0.5) is 10.5 Å². The zero-order valence-corrected chi connectivity index (χ0v) is 13.8. The molecule has 0 spiro atoms. The van der Waals surface area contributed by atoms with E-state index in [1.165, 1.54) is 6.42 Å². The SMILES string of the molecule is O=C(Nc1ccccc1)N1CCCCC[C@H]1c1ccc(Cl)cc1. The topological polar surface area (TPSA) is 32.3 Å². The molecule has 0 aliphatic carbocycles. The van der Waals surface area contributed by atoms with Gasteiger partial charge >= 0.3 is 6.03 Å². The first-order chi connectivity index (χ1) is 11.2. The highest BCUT2D eigenvalue weighted by Crippen LogP contribution is 2.31. The maximum absolute atomic E-state index is 12.8. The molecule has 1 aliphatic heterocycles. The van der Waals surface area contributed by atoms with Crippen LogP contribution >= 0.6 is 11.6 Å². The second kappa shape index (κ2) is 7.51. The normalized spacial score (nSPS) is 18.3. The van der Waals surface area contributed by atoms with Crippen molar-refractivity contribution in [2.24, 2.45) is 0 Å².